The number of aliphatic hydroxyl groups excluding tert-OH is 1. The molecule has 0 radical (unpaired) electrons. The van der Waals surface area contributed by atoms with Crippen molar-refractivity contribution in [1.82, 2.24) is 5.32 Å². The fourth-order valence-corrected chi connectivity index (χ4v) is 0.663. The summed E-state index contributed by atoms with van der Waals surface area (Å²) in [5, 5.41) is 19.8. The molecule has 0 aliphatic rings. The minimum absolute atomic E-state index is 0.221. The van der Waals surface area contributed by atoms with E-state index >= 15 is 0 Å². The number of hydrogen-bond donors (Lipinski definition) is 3. The molecule has 0 saturated carbocycles. The maximum Gasteiger partial charge on any atom is 0.325 e. The van der Waals surface area contributed by atoms with Gasteiger partial charge in [0.2, 0.25) is 5.91 Å². The molecule has 0 spiro atoms. The Kier molecular flexibility index (Phi) is 4.40. The lowest BCUT2D eigenvalue weighted by molar-refractivity contribution is -0.143. The number of carboxylic acid groups (broad SMARTS) is 1. The van der Waals surface area contributed by atoms with E-state index in [0.29, 0.717) is 0 Å². The monoisotopic (exact) mass is 189 g/mol. The van der Waals surface area contributed by atoms with Crippen LogP contribution in [0.25, 0.3) is 0 Å². The van der Waals surface area contributed by atoms with Crippen molar-refractivity contribution in [1.29, 1.82) is 0 Å². The van der Waals surface area contributed by atoms with Crippen molar-refractivity contribution in [3.63, 3.8) is 0 Å². The predicted molar refractivity (Wildman–Crippen MR) is 46.1 cm³/mol. The fraction of sp³-hybridized carbons (Fsp3) is 0.750. The van der Waals surface area contributed by atoms with E-state index in [2.05, 4.69) is 5.32 Å². The van der Waals surface area contributed by atoms with Crippen molar-refractivity contribution in [3.05, 3.63) is 0 Å². The molecule has 0 rings (SSSR count). The summed E-state index contributed by atoms with van der Waals surface area (Å²) in [7, 11) is 0. The van der Waals surface area contributed by atoms with Crippen LogP contribution in [-0.4, -0.2) is 34.2 Å². The Morgan fingerprint density at radius 1 is 1.23 bits per heavy atom. The summed E-state index contributed by atoms with van der Waals surface area (Å²) in [6.45, 7) is 4.69. The van der Waals surface area contributed by atoms with Crippen molar-refractivity contribution < 1.29 is 19.8 Å². The Hall–Kier alpha value is -1.10. The number of hydrogen-bond acceptors (Lipinski definition) is 3. The van der Waals surface area contributed by atoms with E-state index in [0.717, 1.165) is 0 Å². The largest absolute Gasteiger partial charge is 0.480 e. The van der Waals surface area contributed by atoms with E-state index in [4.69, 9.17) is 5.11 Å². The maximum atomic E-state index is 11.1. The first kappa shape index (κ1) is 11.9. The average Bonchev–Trinajstić information content (AvgIpc) is 2.02. The Bertz CT molecular complexity index is 202. The SMILES string of the molecule is CC(C)C(O)C(=O)N[C@@H](C)C(=O)O. The van der Waals surface area contributed by atoms with E-state index in [9.17, 15) is 14.7 Å². The van der Waals surface area contributed by atoms with E-state index in [1.54, 1.807) is 13.8 Å². The highest BCUT2D eigenvalue weighted by molar-refractivity contribution is 5.85. The zero-order valence-electron chi connectivity index (χ0n) is 7.94. The molecule has 3 N–H and O–H groups in total. The molecule has 0 saturated heterocycles. The van der Waals surface area contributed by atoms with Crippen LogP contribution in [0.3, 0.4) is 0 Å². The van der Waals surface area contributed by atoms with Crippen LogP contribution >= 0.6 is 0 Å². The molecule has 0 aromatic rings. The molecule has 5 nitrogen and oxygen atoms in total. The van der Waals surface area contributed by atoms with Gasteiger partial charge in [-0.3, -0.25) is 9.59 Å². The lowest BCUT2D eigenvalue weighted by atomic mass is 10.1. The molecule has 13 heavy (non-hydrogen) atoms. The lowest BCUT2D eigenvalue weighted by Crippen LogP contribution is -2.45. The van der Waals surface area contributed by atoms with Crippen LogP contribution in [0, 0.1) is 5.92 Å². The summed E-state index contributed by atoms with van der Waals surface area (Å²) in [4.78, 5) is 21.4. The molecule has 0 aromatic carbocycles. The Morgan fingerprint density at radius 2 is 1.69 bits per heavy atom. The molecule has 0 bridgehead atoms. The van der Waals surface area contributed by atoms with Gasteiger partial charge < -0.3 is 15.5 Å². The second-order valence-corrected chi connectivity index (χ2v) is 3.26. The summed E-state index contributed by atoms with van der Waals surface area (Å²) in [6.07, 6.45) is -1.15. The van der Waals surface area contributed by atoms with Gasteiger partial charge >= 0.3 is 5.97 Å². The molecule has 5 heteroatoms. The van der Waals surface area contributed by atoms with Gasteiger partial charge in [-0.1, -0.05) is 13.8 Å². The summed E-state index contributed by atoms with van der Waals surface area (Å²) in [5.41, 5.74) is 0. The van der Waals surface area contributed by atoms with Crippen molar-refractivity contribution >= 4 is 11.9 Å². The quantitative estimate of drug-likeness (QED) is 0.561. The number of carbonyl (C=O) groups is 2. The lowest BCUT2D eigenvalue weighted by Gasteiger charge is -2.16. The number of aliphatic hydroxyl groups is 1. The molecule has 2 atom stereocenters. The third kappa shape index (κ3) is 3.89. The van der Waals surface area contributed by atoms with Gasteiger partial charge in [0.1, 0.15) is 12.1 Å². The van der Waals surface area contributed by atoms with Crippen LogP contribution in [0.2, 0.25) is 0 Å². The molecule has 0 aliphatic carbocycles. The normalized spacial score (nSPS) is 15.2. The summed E-state index contributed by atoms with van der Waals surface area (Å²) in [5.74, 6) is -1.99. The molecule has 1 unspecified atom stereocenters. The second kappa shape index (κ2) is 4.81. The molecular formula is C8H15NO4. The zero-order valence-corrected chi connectivity index (χ0v) is 7.94. The van der Waals surface area contributed by atoms with Crippen molar-refractivity contribution in [3.8, 4) is 0 Å². The highest BCUT2D eigenvalue weighted by Gasteiger charge is 2.22. The van der Waals surface area contributed by atoms with Gasteiger partial charge in [-0.15, -0.1) is 0 Å². The van der Waals surface area contributed by atoms with Crippen LogP contribution in [0.1, 0.15) is 20.8 Å². The first-order valence-corrected chi connectivity index (χ1v) is 4.07. The van der Waals surface area contributed by atoms with Gasteiger partial charge in [0.15, 0.2) is 0 Å². The summed E-state index contributed by atoms with van der Waals surface area (Å²) in [6, 6.07) is -0.971. The molecular weight excluding hydrogens is 174 g/mol. The number of carboxylic acids is 1. The molecule has 0 heterocycles. The Balaban J connectivity index is 4.08. The fourth-order valence-electron chi connectivity index (χ4n) is 0.663. The number of aliphatic carboxylic acids is 1. The number of nitrogens with one attached hydrogen (secondary N) is 1. The van der Waals surface area contributed by atoms with Crippen LogP contribution in [0.5, 0.6) is 0 Å². The van der Waals surface area contributed by atoms with E-state index in [-0.39, 0.29) is 5.92 Å². The number of rotatable bonds is 4. The van der Waals surface area contributed by atoms with E-state index in [1.807, 2.05) is 0 Å². The smallest absolute Gasteiger partial charge is 0.325 e. The third-order valence-electron chi connectivity index (χ3n) is 1.63. The summed E-state index contributed by atoms with van der Waals surface area (Å²) >= 11 is 0. The molecule has 76 valence electrons. The standard InChI is InChI=1S/C8H15NO4/c1-4(2)6(10)7(11)9-5(3)8(12)13/h4-6,10H,1-3H3,(H,9,11)(H,12,13)/t5-,6?/m0/s1. The van der Waals surface area contributed by atoms with Crippen LogP contribution < -0.4 is 5.32 Å². The van der Waals surface area contributed by atoms with Gasteiger partial charge in [-0.05, 0) is 12.8 Å². The minimum atomic E-state index is -1.15. The minimum Gasteiger partial charge on any atom is -0.480 e. The average molecular weight is 189 g/mol. The highest BCUT2D eigenvalue weighted by Crippen LogP contribution is 2.00. The molecule has 0 aromatic heterocycles. The molecule has 1 amide bonds. The third-order valence-corrected chi connectivity index (χ3v) is 1.63. The predicted octanol–water partition coefficient (Wildman–Crippen LogP) is -0.407. The van der Waals surface area contributed by atoms with Crippen molar-refractivity contribution in [2.24, 2.45) is 5.92 Å². The van der Waals surface area contributed by atoms with Gasteiger partial charge in [0.25, 0.3) is 0 Å². The van der Waals surface area contributed by atoms with Crippen LogP contribution in [0.4, 0.5) is 0 Å². The topological polar surface area (TPSA) is 86.6 Å². The first-order valence-electron chi connectivity index (χ1n) is 4.07. The number of carbonyl (C=O) groups excluding carboxylic acids is 1. The van der Waals surface area contributed by atoms with Crippen molar-refractivity contribution in [2.45, 2.75) is 32.9 Å². The maximum absolute atomic E-state index is 11.1. The Labute approximate surface area is 76.8 Å². The van der Waals surface area contributed by atoms with E-state index in [1.165, 1.54) is 6.92 Å². The van der Waals surface area contributed by atoms with Crippen molar-refractivity contribution in [2.75, 3.05) is 0 Å². The van der Waals surface area contributed by atoms with Crippen LogP contribution in [-0.2, 0) is 9.59 Å². The van der Waals surface area contributed by atoms with E-state index < -0.39 is 24.0 Å². The Morgan fingerprint density at radius 3 is 2.00 bits per heavy atom. The second-order valence-electron chi connectivity index (χ2n) is 3.26. The first-order chi connectivity index (χ1) is 5.86. The van der Waals surface area contributed by atoms with Gasteiger partial charge in [-0.25, -0.2) is 0 Å². The number of amides is 1. The van der Waals surface area contributed by atoms with Gasteiger partial charge in [0, 0.05) is 0 Å². The van der Waals surface area contributed by atoms with Crippen LogP contribution in [0.15, 0.2) is 0 Å². The summed E-state index contributed by atoms with van der Waals surface area (Å²) < 4.78 is 0. The van der Waals surface area contributed by atoms with Gasteiger partial charge in [0.05, 0.1) is 0 Å². The molecule has 0 fully saturated rings. The molecule has 0 aliphatic heterocycles. The van der Waals surface area contributed by atoms with Gasteiger partial charge in [-0.2, -0.15) is 0 Å². The highest BCUT2D eigenvalue weighted by atomic mass is 16.4. The zero-order chi connectivity index (χ0) is 10.6.